The van der Waals surface area contributed by atoms with E-state index in [9.17, 15) is 4.79 Å². The molecule has 3 aromatic rings. The smallest absolute Gasteiger partial charge is 0.184 e. The van der Waals surface area contributed by atoms with Gasteiger partial charge in [0.1, 0.15) is 11.4 Å². The van der Waals surface area contributed by atoms with Gasteiger partial charge in [-0.3, -0.25) is 14.6 Å². The summed E-state index contributed by atoms with van der Waals surface area (Å²) in [4.78, 5) is 18.1. The number of piperidine rings is 4. The van der Waals surface area contributed by atoms with Crippen LogP contribution in [0.1, 0.15) is 49.0 Å². The van der Waals surface area contributed by atoms with Crippen molar-refractivity contribution in [3.8, 4) is 11.3 Å². The van der Waals surface area contributed by atoms with Crippen LogP contribution >= 0.6 is 0 Å². The Balaban J connectivity index is 1.13. The minimum absolute atomic E-state index is 0.163. The van der Waals surface area contributed by atoms with Gasteiger partial charge in [-0.15, -0.1) is 5.10 Å². The molecule has 6 heterocycles. The summed E-state index contributed by atoms with van der Waals surface area (Å²) >= 11 is 0. The molecule has 2 bridgehead atoms. The number of hydrogen-bond donors (Lipinski definition) is 1. The van der Waals surface area contributed by atoms with Gasteiger partial charge in [-0.05, 0) is 75.8 Å². The van der Waals surface area contributed by atoms with Crippen LogP contribution in [0.4, 0.5) is 0 Å². The number of ketones is 1. The molecule has 1 atom stereocenters. The van der Waals surface area contributed by atoms with Crippen molar-refractivity contribution < 1.29 is 4.79 Å². The van der Waals surface area contributed by atoms with Gasteiger partial charge in [-0.1, -0.05) is 17.7 Å². The number of fused-ring (bicyclic) bond motifs is 4. The largest absolute Gasteiger partial charge is 0.303 e. The molecule has 4 saturated heterocycles. The third kappa shape index (κ3) is 4.34. The van der Waals surface area contributed by atoms with Crippen LogP contribution in [0, 0.1) is 11.8 Å². The summed E-state index contributed by atoms with van der Waals surface area (Å²) in [6.45, 7) is 7.73. The van der Waals surface area contributed by atoms with Crippen LogP contribution in [0.15, 0.2) is 24.4 Å². The third-order valence-corrected chi connectivity index (χ3v) is 7.99. The fraction of sp³-hybridized carbons (Fsp3) is 0.600. The van der Waals surface area contributed by atoms with Crippen LogP contribution in [-0.2, 0) is 6.54 Å². The maximum atomic E-state index is 13.1. The first-order chi connectivity index (χ1) is 16.2. The molecule has 174 valence electrons. The van der Waals surface area contributed by atoms with Crippen molar-refractivity contribution >= 4 is 16.7 Å². The SMILES string of the molecule is O=C(C[C@H]1CN2CCC1CC2)c1n[nH]c2cc(-c3cn(CCN4CCCCC4)nn3)ccc12. The summed E-state index contributed by atoms with van der Waals surface area (Å²) in [7, 11) is 0. The highest BCUT2D eigenvalue weighted by Gasteiger charge is 2.35. The summed E-state index contributed by atoms with van der Waals surface area (Å²) < 4.78 is 1.93. The number of hydrogen-bond acceptors (Lipinski definition) is 6. The second-order valence-corrected chi connectivity index (χ2v) is 10.1. The lowest BCUT2D eigenvalue weighted by Gasteiger charge is -2.44. The quantitative estimate of drug-likeness (QED) is 0.560. The molecule has 0 radical (unpaired) electrons. The molecule has 8 nitrogen and oxygen atoms in total. The Labute approximate surface area is 194 Å². The summed E-state index contributed by atoms with van der Waals surface area (Å²) in [5, 5.41) is 17.1. The number of H-pyrrole nitrogens is 1. The van der Waals surface area contributed by atoms with E-state index in [4.69, 9.17) is 0 Å². The molecule has 0 aliphatic carbocycles. The van der Waals surface area contributed by atoms with Crippen molar-refractivity contribution in [2.75, 3.05) is 39.3 Å². The Kier molecular flexibility index (Phi) is 5.72. The van der Waals surface area contributed by atoms with Crippen LogP contribution in [0.25, 0.3) is 22.2 Å². The van der Waals surface area contributed by atoms with Crippen molar-refractivity contribution in [3.05, 3.63) is 30.1 Å². The van der Waals surface area contributed by atoms with E-state index in [-0.39, 0.29) is 5.78 Å². The highest BCUT2D eigenvalue weighted by Crippen LogP contribution is 2.35. The molecule has 4 aliphatic rings. The molecule has 0 unspecified atom stereocenters. The van der Waals surface area contributed by atoms with E-state index >= 15 is 0 Å². The molecule has 7 rings (SSSR count). The first-order valence-electron chi connectivity index (χ1n) is 12.6. The zero-order valence-electron chi connectivity index (χ0n) is 19.2. The minimum Gasteiger partial charge on any atom is -0.303 e. The molecule has 33 heavy (non-hydrogen) atoms. The Morgan fingerprint density at radius 2 is 1.91 bits per heavy atom. The second kappa shape index (κ2) is 8.99. The summed E-state index contributed by atoms with van der Waals surface area (Å²) in [5.41, 5.74) is 3.31. The van der Waals surface area contributed by atoms with Crippen molar-refractivity contribution in [2.24, 2.45) is 11.8 Å². The molecule has 1 N–H and O–H groups in total. The Bertz CT molecular complexity index is 1120. The molecule has 0 spiro atoms. The molecule has 1 aromatic carbocycles. The van der Waals surface area contributed by atoms with E-state index in [0.29, 0.717) is 24.0 Å². The van der Waals surface area contributed by atoms with Gasteiger partial charge < -0.3 is 9.80 Å². The van der Waals surface area contributed by atoms with Crippen molar-refractivity contribution in [1.29, 1.82) is 0 Å². The van der Waals surface area contributed by atoms with E-state index in [1.54, 1.807) is 0 Å². The number of benzene rings is 1. The van der Waals surface area contributed by atoms with Crippen molar-refractivity contribution in [1.82, 2.24) is 35.0 Å². The van der Waals surface area contributed by atoms with Gasteiger partial charge in [0.05, 0.1) is 18.3 Å². The predicted octanol–water partition coefficient (Wildman–Crippen LogP) is 3.22. The van der Waals surface area contributed by atoms with Gasteiger partial charge >= 0.3 is 0 Å². The van der Waals surface area contributed by atoms with Crippen LogP contribution in [0.2, 0.25) is 0 Å². The summed E-state index contributed by atoms with van der Waals surface area (Å²) in [6.07, 6.45) is 9.05. The average Bonchev–Trinajstić information content (AvgIpc) is 3.51. The molecule has 2 aromatic heterocycles. The monoisotopic (exact) mass is 447 g/mol. The normalized spacial score (nSPS) is 25.6. The van der Waals surface area contributed by atoms with Crippen molar-refractivity contribution in [3.63, 3.8) is 0 Å². The molecule has 4 fully saturated rings. The van der Waals surface area contributed by atoms with Gasteiger partial charge in [0.2, 0.25) is 0 Å². The molecular formula is C25H33N7O. The van der Waals surface area contributed by atoms with Gasteiger partial charge in [-0.2, -0.15) is 5.10 Å². The van der Waals surface area contributed by atoms with Gasteiger partial charge in [0.25, 0.3) is 0 Å². The number of rotatable bonds is 7. The minimum atomic E-state index is 0.163. The average molecular weight is 448 g/mol. The van der Waals surface area contributed by atoms with Crippen molar-refractivity contribution in [2.45, 2.75) is 45.1 Å². The molecule has 4 aliphatic heterocycles. The van der Waals surface area contributed by atoms with Crippen LogP contribution in [0.5, 0.6) is 0 Å². The summed E-state index contributed by atoms with van der Waals surface area (Å²) in [6, 6.07) is 6.07. The van der Waals surface area contributed by atoms with E-state index in [0.717, 1.165) is 41.8 Å². The maximum absolute atomic E-state index is 13.1. The third-order valence-electron chi connectivity index (χ3n) is 7.99. The first kappa shape index (κ1) is 21.0. The molecule has 8 heteroatoms. The zero-order chi connectivity index (χ0) is 22.2. The number of nitrogens with zero attached hydrogens (tertiary/aromatic N) is 6. The highest BCUT2D eigenvalue weighted by molar-refractivity contribution is 6.06. The number of aromatic amines is 1. The van der Waals surface area contributed by atoms with E-state index in [2.05, 4.69) is 30.3 Å². The zero-order valence-corrected chi connectivity index (χ0v) is 19.2. The molecular weight excluding hydrogens is 414 g/mol. The van der Waals surface area contributed by atoms with Gasteiger partial charge in [0.15, 0.2) is 5.78 Å². The van der Waals surface area contributed by atoms with E-state index in [1.807, 2.05) is 29.1 Å². The van der Waals surface area contributed by atoms with E-state index < -0.39 is 0 Å². The van der Waals surface area contributed by atoms with Crippen LogP contribution in [0.3, 0.4) is 0 Å². The second-order valence-electron chi connectivity index (χ2n) is 10.1. The van der Waals surface area contributed by atoms with Crippen LogP contribution in [-0.4, -0.2) is 80.0 Å². The predicted molar refractivity (Wildman–Crippen MR) is 127 cm³/mol. The Hall–Kier alpha value is -2.58. The highest BCUT2D eigenvalue weighted by atomic mass is 16.1. The van der Waals surface area contributed by atoms with E-state index in [1.165, 1.54) is 58.3 Å². The Morgan fingerprint density at radius 3 is 2.70 bits per heavy atom. The van der Waals surface area contributed by atoms with Gasteiger partial charge in [-0.25, -0.2) is 0 Å². The number of Topliss-reactive ketones (excluding diaryl/α,β-unsaturated/α-hetero) is 1. The fourth-order valence-corrected chi connectivity index (χ4v) is 6.01. The molecule has 0 amide bonds. The number of likely N-dealkylation sites (tertiary alicyclic amines) is 1. The number of carbonyl (C=O) groups is 1. The lowest BCUT2D eigenvalue weighted by molar-refractivity contribution is 0.0440. The lowest BCUT2D eigenvalue weighted by atomic mass is 9.76. The maximum Gasteiger partial charge on any atom is 0.184 e. The van der Waals surface area contributed by atoms with Gasteiger partial charge in [0, 0.05) is 30.5 Å². The number of nitrogens with one attached hydrogen (secondary N) is 1. The fourth-order valence-electron chi connectivity index (χ4n) is 6.01. The number of carbonyl (C=O) groups excluding carboxylic acids is 1. The Morgan fingerprint density at radius 1 is 1.06 bits per heavy atom. The standard InChI is InChI=1S/C25H33N7O/c33-24(15-20-16-31-10-6-18(20)7-11-31)25-21-5-4-19(14-22(21)26-28-25)23-17-32(29-27-23)13-12-30-8-2-1-3-9-30/h4-5,14,17-18,20H,1-3,6-13,15-16H2,(H,26,28)/t20-/m0/s1. The lowest BCUT2D eigenvalue weighted by Crippen LogP contribution is -2.47. The number of aromatic nitrogens is 5. The first-order valence-corrected chi connectivity index (χ1v) is 12.6. The summed E-state index contributed by atoms with van der Waals surface area (Å²) in [5.74, 6) is 1.34. The molecule has 0 saturated carbocycles. The topological polar surface area (TPSA) is 82.9 Å². The van der Waals surface area contributed by atoms with Crippen LogP contribution < -0.4 is 0 Å².